The average molecular weight is 283 g/mol. The van der Waals surface area contributed by atoms with E-state index in [1.165, 1.54) is 6.33 Å². The van der Waals surface area contributed by atoms with Crippen LogP contribution in [0.25, 0.3) is 22.0 Å². The molecule has 0 aliphatic heterocycles. The predicted octanol–water partition coefficient (Wildman–Crippen LogP) is 2.97. The van der Waals surface area contributed by atoms with E-state index in [4.69, 9.17) is 0 Å². The first-order valence-corrected chi connectivity index (χ1v) is 6.63. The van der Waals surface area contributed by atoms with Gasteiger partial charge in [-0.05, 0) is 6.07 Å². The molecule has 0 spiro atoms. The molecule has 98 valence electrons. The number of hydrogen-bond donors (Lipinski definition) is 1. The van der Waals surface area contributed by atoms with Gasteiger partial charge in [0.15, 0.2) is 0 Å². The van der Waals surface area contributed by atoms with E-state index in [0.29, 0.717) is 16.4 Å². The molecule has 0 saturated heterocycles. The molecule has 0 saturated carbocycles. The lowest BCUT2D eigenvalue weighted by Gasteiger charge is -1.97. The van der Waals surface area contributed by atoms with Gasteiger partial charge >= 0.3 is 5.97 Å². The summed E-state index contributed by atoms with van der Waals surface area (Å²) in [4.78, 5) is 24.0. The van der Waals surface area contributed by atoms with Crippen LogP contribution in [0.1, 0.15) is 9.67 Å². The van der Waals surface area contributed by atoms with Crippen LogP contribution in [0.4, 0.5) is 0 Å². The lowest BCUT2D eigenvalue weighted by Crippen LogP contribution is -1.95. The number of carboxylic acids is 1. The molecule has 0 aliphatic carbocycles. The minimum Gasteiger partial charge on any atom is -0.477 e. The van der Waals surface area contributed by atoms with Gasteiger partial charge in [-0.1, -0.05) is 30.3 Å². The van der Waals surface area contributed by atoms with Gasteiger partial charge in [-0.2, -0.15) is 0 Å². The predicted molar refractivity (Wildman–Crippen MR) is 75.5 cm³/mol. The van der Waals surface area contributed by atoms with Crippen molar-refractivity contribution >= 4 is 17.3 Å². The van der Waals surface area contributed by atoms with E-state index >= 15 is 0 Å². The Morgan fingerprint density at radius 2 is 1.95 bits per heavy atom. The first kappa shape index (κ1) is 12.4. The fourth-order valence-corrected chi connectivity index (χ4v) is 2.69. The van der Waals surface area contributed by atoms with Crippen LogP contribution in [-0.2, 0) is 0 Å². The molecule has 0 atom stereocenters. The molecule has 0 fully saturated rings. The highest BCUT2D eigenvalue weighted by Gasteiger charge is 2.19. The van der Waals surface area contributed by atoms with Crippen LogP contribution in [0.15, 0.2) is 48.9 Å². The summed E-state index contributed by atoms with van der Waals surface area (Å²) in [7, 11) is 0. The molecule has 0 aliphatic rings. The molecule has 3 aromatic rings. The van der Waals surface area contributed by atoms with Crippen LogP contribution in [-0.4, -0.2) is 26.0 Å². The molecule has 0 amide bonds. The maximum absolute atomic E-state index is 11.4. The van der Waals surface area contributed by atoms with E-state index in [9.17, 15) is 9.90 Å². The van der Waals surface area contributed by atoms with E-state index in [0.717, 1.165) is 16.9 Å². The van der Waals surface area contributed by atoms with Gasteiger partial charge in [-0.3, -0.25) is 0 Å². The third-order valence-corrected chi connectivity index (χ3v) is 3.74. The van der Waals surface area contributed by atoms with Crippen molar-refractivity contribution in [2.75, 3.05) is 0 Å². The Hall–Kier alpha value is -2.60. The zero-order chi connectivity index (χ0) is 13.9. The van der Waals surface area contributed by atoms with Crippen LogP contribution >= 0.6 is 11.3 Å². The van der Waals surface area contributed by atoms with Crippen molar-refractivity contribution in [3.05, 3.63) is 53.8 Å². The van der Waals surface area contributed by atoms with Gasteiger partial charge in [0.1, 0.15) is 21.9 Å². The highest BCUT2D eigenvalue weighted by molar-refractivity contribution is 7.17. The molecular formula is C14H9N3O2S. The van der Waals surface area contributed by atoms with E-state index in [1.54, 1.807) is 12.3 Å². The quantitative estimate of drug-likeness (QED) is 0.799. The summed E-state index contributed by atoms with van der Waals surface area (Å²) in [5, 5.41) is 9.90. The molecule has 6 heteroatoms. The fourth-order valence-electron chi connectivity index (χ4n) is 1.78. The Morgan fingerprint density at radius 1 is 1.15 bits per heavy atom. The van der Waals surface area contributed by atoms with Gasteiger partial charge in [-0.15, -0.1) is 11.3 Å². The Morgan fingerprint density at radius 3 is 2.60 bits per heavy atom. The summed E-state index contributed by atoms with van der Waals surface area (Å²) < 4.78 is 0. The third kappa shape index (κ3) is 2.28. The Bertz CT molecular complexity index is 742. The van der Waals surface area contributed by atoms with Crippen LogP contribution in [0, 0.1) is 0 Å². The molecule has 0 bridgehead atoms. The van der Waals surface area contributed by atoms with Gasteiger partial charge < -0.3 is 5.11 Å². The van der Waals surface area contributed by atoms with E-state index in [-0.39, 0.29) is 4.88 Å². The molecule has 1 aromatic carbocycles. The molecule has 2 heterocycles. The SMILES string of the molecule is O=C(O)c1sc(-c2ccncn2)nc1-c1ccccc1. The molecule has 5 nitrogen and oxygen atoms in total. The molecule has 0 unspecified atom stereocenters. The number of thiazole rings is 1. The summed E-state index contributed by atoms with van der Waals surface area (Å²) in [6.07, 6.45) is 3.02. The number of hydrogen-bond acceptors (Lipinski definition) is 5. The minimum absolute atomic E-state index is 0.213. The number of aromatic carboxylic acids is 1. The standard InChI is InChI=1S/C14H9N3O2S/c18-14(19)12-11(9-4-2-1-3-5-9)17-13(20-12)10-6-7-15-8-16-10/h1-8H,(H,18,19). The minimum atomic E-state index is -0.985. The summed E-state index contributed by atoms with van der Waals surface area (Å²) in [5.41, 5.74) is 1.87. The number of carbonyl (C=O) groups is 1. The summed E-state index contributed by atoms with van der Waals surface area (Å²) >= 11 is 1.11. The lowest BCUT2D eigenvalue weighted by molar-refractivity contribution is 0.0702. The number of benzene rings is 1. The molecule has 2 aromatic heterocycles. The van der Waals surface area contributed by atoms with Crippen molar-refractivity contribution in [1.82, 2.24) is 15.0 Å². The normalized spacial score (nSPS) is 10.4. The fraction of sp³-hybridized carbons (Fsp3) is 0. The molecule has 3 rings (SSSR count). The second kappa shape index (κ2) is 5.18. The number of carboxylic acid groups (broad SMARTS) is 1. The summed E-state index contributed by atoms with van der Waals surface area (Å²) in [6.45, 7) is 0. The van der Waals surface area contributed by atoms with Crippen molar-refractivity contribution < 1.29 is 9.90 Å². The lowest BCUT2D eigenvalue weighted by atomic mass is 10.1. The van der Waals surface area contributed by atoms with Crippen molar-refractivity contribution in [2.45, 2.75) is 0 Å². The van der Waals surface area contributed by atoms with Gasteiger partial charge in [0.05, 0.1) is 5.69 Å². The molecular weight excluding hydrogens is 274 g/mol. The summed E-state index contributed by atoms with van der Waals surface area (Å²) in [5.74, 6) is -0.985. The number of nitrogens with zero attached hydrogens (tertiary/aromatic N) is 3. The van der Waals surface area contributed by atoms with E-state index in [2.05, 4.69) is 15.0 Å². The maximum atomic E-state index is 11.4. The Labute approximate surface area is 118 Å². The maximum Gasteiger partial charge on any atom is 0.348 e. The van der Waals surface area contributed by atoms with Crippen LogP contribution in [0.3, 0.4) is 0 Å². The highest BCUT2D eigenvalue weighted by Crippen LogP contribution is 2.32. The summed E-state index contributed by atoms with van der Waals surface area (Å²) in [6, 6.07) is 11.0. The van der Waals surface area contributed by atoms with Gasteiger partial charge in [-0.25, -0.2) is 19.7 Å². The van der Waals surface area contributed by atoms with E-state index in [1.807, 2.05) is 30.3 Å². The van der Waals surface area contributed by atoms with Crippen LogP contribution in [0.5, 0.6) is 0 Å². The number of rotatable bonds is 3. The topological polar surface area (TPSA) is 76.0 Å². The van der Waals surface area contributed by atoms with E-state index < -0.39 is 5.97 Å². The Kier molecular flexibility index (Phi) is 3.22. The van der Waals surface area contributed by atoms with Crippen molar-refractivity contribution in [3.63, 3.8) is 0 Å². The smallest absolute Gasteiger partial charge is 0.348 e. The highest BCUT2D eigenvalue weighted by atomic mass is 32.1. The molecule has 1 N–H and O–H groups in total. The zero-order valence-corrected chi connectivity index (χ0v) is 11.0. The van der Waals surface area contributed by atoms with Crippen LogP contribution < -0.4 is 0 Å². The third-order valence-electron chi connectivity index (χ3n) is 2.67. The van der Waals surface area contributed by atoms with Crippen molar-refractivity contribution in [3.8, 4) is 22.0 Å². The number of aromatic nitrogens is 3. The average Bonchev–Trinajstić information content (AvgIpc) is 2.94. The Balaban J connectivity index is 2.15. The second-order valence-electron chi connectivity index (χ2n) is 3.96. The first-order chi connectivity index (χ1) is 9.75. The largest absolute Gasteiger partial charge is 0.477 e. The second-order valence-corrected chi connectivity index (χ2v) is 4.96. The first-order valence-electron chi connectivity index (χ1n) is 5.81. The monoisotopic (exact) mass is 283 g/mol. The van der Waals surface area contributed by atoms with Gasteiger partial charge in [0, 0.05) is 11.8 Å². The molecule has 20 heavy (non-hydrogen) atoms. The van der Waals surface area contributed by atoms with Crippen LogP contribution in [0.2, 0.25) is 0 Å². The molecule has 0 radical (unpaired) electrons. The van der Waals surface area contributed by atoms with Crippen molar-refractivity contribution in [2.24, 2.45) is 0 Å². The van der Waals surface area contributed by atoms with Gasteiger partial charge in [0.25, 0.3) is 0 Å². The van der Waals surface area contributed by atoms with Crippen molar-refractivity contribution in [1.29, 1.82) is 0 Å². The van der Waals surface area contributed by atoms with Gasteiger partial charge in [0.2, 0.25) is 0 Å². The zero-order valence-electron chi connectivity index (χ0n) is 10.2.